The Morgan fingerprint density at radius 1 is 1.38 bits per heavy atom. The van der Waals surface area contributed by atoms with Crippen molar-refractivity contribution in [3.63, 3.8) is 0 Å². The van der Waals surface area contributed by atoms with Gasteiger partial charge in [-0.1, -0.05) is 18.2 Å². The monoisotopic (exact) mass is 292 g/mol. The molecule has 2 atom stereocenters. The predicted octanol–water partition coefficient (Wildman–Crippen LogP) is 1.32. The number of nitrogens with one attached hydrogen (secondary N) is 1. The average molecular weight is 292 g/mol. The first-order chi connectivity index (χ1) is 10.2. The lowest BCUT2D eigenvalue weighted by atomic mass is 9.92. The largest absolute Gasteiger partial charge is 0.489 e. The van der Waals surface area contributed by atoms with Gasteiger partial charge in [0.2, 0.25) is 5.91 Å². The van der Waals surface area contributed by atoms with Crippen LogP contribution in [0.1, 0.15) is 19.8 Å². The summed E-state index contributed by atoms with van der Waals surface area (Å²) >= 11 is 0. The van der Waals surface area contributed by atoms with Gasteiger partial charge in [-0.05, 0) is 37.8 Å². The van der Waals surface area contributed by atoms with Gasteiger partial charge in [-0.2, -0.15) is 0 Å². The minimum absolute atomic E-state index is 0.0989. The molecule has 3 N–H and O–H groups in total. The second-order valence-corrected chi connectivity index (χ2v) is 5.46. The highest BCUT2D eigenvalue weighted by Gasteiger charge is 2.26. The van der Waals surface area contributed by atoms with Crippen LogP contribution in [0.15, 0.2) is 30.3 Å². The molecule has 1 amide bonds. The fourth-order valence-electron chi connectivity index (χ4n) is 2.42. The van der Waals surface area contributed by atoms with Gasteiger partial charge in [-0.3, -0.25) is 4.79 Å². The second-order valence-electron chi connectivity index (χ2n) is 5.46. The highest BCUT2D eigenvalue weighted by Crippen LogP contribution is 2.17. The molecule has 1 saturated heterocycles. The van der Waals surface area contributed by atoms with Crippen molar-refractivity contribution in [3.8, 4) is 5.75 Å². The lowest BCUT2D eigenvalue weighted by molar-refractivity contribution is -0.124. The first-order valence-electron chi connectivity index (χ1n) is 7.49. The summed E-state index contributed by atoms with van der Waals surface area (Å²) in [7, 11) is 0. The van der Waals surface area contributed by atoms with Gasteiger partial charge < -0.3 is 20.5 Å². The number of carbonyl (C=O) groups excluding carboxylic acids is 1. The van der Waals surface area contributed by atoms with Gasteiger partial charge in [0.15, 0.2) is 0 Å². The van der Waals surface area contributed by atoms with E-state index < -0.39 is 6.04 Å². The van der Waals surface area contributed by atoms with E-state index in [4.69, 9.17) is 15.2 Å². The van der Waals surface area contributed by atoms with Crippen molar-refractivity contribution in [2.24, 2.45) is 11.7 Å². The van der Waals surface area contributed by atoms with E-state index in [1.807, 2.05) is 37.3 Å². The van der Waals surface area contributed by atoms with Crippen molar-refractivity contribution in [1.82, 2.24) is 5.32 Å². The van der Waals surface area contributed by atoms with E-state index in [1.165, 1.54) is 0 Å². The number of rotatable bonds is 6. The standard InChI is InChI=1S/C16H24N2O3/c1-12(21-14-5-3-2-4-6-14)11-18-16(19)15(17)13-7-9-20-10-8-13/h2-6,12-13,15H,7-11,17H2,1H3,(H,18,19). The lowest BCUT2D eigenvalue weighted by Gasteiger charge is -2.27. The molecular formula is C16H24N2O3. The zero-order valence-electron chi connectivity index (χ0n) is 12.5. The zero-order chi connectivity index (χ0) is 15.1. The molecule has 0 radical (unpaired) electrons. The molecule has 21 heavy (non-hydrogen) atoms. The predicted molar refractivity (Wildman–Crippen MR) is 81.1 cm³/mol. The summed E-state index contributed by atoms with van der Waals surface area (Å²) in [6.07, 6.45) is 1.60. The van der Waals surface area contributed by atoms with Crippen molar-refractivity contribution in [3.05, 3.63) is 30.3 Å². The van der Waals surface area contributed by atoms with Crippen LogP contribution in [0.25, 0.3) is 0 Å². The lowest BCUT2D eigenvalue weighted by Crippen LogP contribution is -2.48. The van der Waals surface area contributed by atoms with Crippen LogP contribution in [0, 0.1) is 5.92 Å². The molecule has 116 valence electrons. The summed E-state index contributed by atoms with van der Waals surface area (Å²) in [5.41, 5.74) is 6.02. The van der Waals surface area contributed by atoms with Gasteiger partial charge in [0, 0.05) is 13.2 Å². The van der Waals surface area contributed by atoms with Crippen LogP contribution in [0.5, 0.6) is 5.75 Å². The van der Waals surface area contributed by atoms with Crippen molar-refractivity contribution in [1.29, 1.82) is 0 Å². The Bertz CT molecular complexity index is 432. The molecule has 1 aromatic carbocycles. The van der Waals surface area contributed by atoms with Crippen molar-refractivity contribution in [2.75, 3.05) is 19.8 Å². The van der Waals surface area contributed by atoms with Crippen LogP contribution in [0.3, 0.4) is 0 Å². The number of benzene rings is 1. The molecule has 5 nitrogen and oxygen atoms in total. The summed E-state index contributed by atoms with van der Waals surface area (Å²) in [5.74, 6) is 0.905. The average Bonchev–Trinajstić information content (AvgIpc) is 2.53. The van der Waals surface area contributed by atoms with Crippen molar-refractivity contribution < 1.29 is 14.3 Å². The molecular weight excluding hydrogens is 268 g/mol. The normalized spacial score (nSPS) is 18.8. The van der Waals surface area contributed by atoms with Crippen molar-refractivity contribution in [2.45, 2.75) is 31.9 Å². The van der Waals surface area contributed by atoms with Crippen LogP contribution >= 0.6 is 0 Å². The van der Waals surface area contributed by atoms with Gasteiger partial charge in [0.25, 0.3) is 0 Å². The maximum Gasteiger partial charge on any atom is 0.237 e. The van der Waals surface area contributed by atoms with E-state index in [1.54, 1.807) is 0 Å². The first-order valence-corrected chi connectivity index (χ1v) is 7.49. The van der Waals surface area contributed by atoms with Crippen molar-refractivity contribution >= 4 is 5.91 Å². The molecule has 1 aliphatic rings. The third kappa shape index (κ3) is 5.02. The topological polar surface area (TPSA) is 73.6 Å². The Labute approximate surface area is 125 Å². The molecule has 0 aromatic heterocycles. The van der Waals surface area contributed by atoms with Gasteiger partial charge in [-0.25, -0.2) is 0 Å². The van der Waals surface area contributed by atoms with Gasteiger partial charge in [0.05, 0.1) is 12.6 Å². The number of ether oxygens (including phenoxy) is 2. The maximum atomic E-state index is 12.1. The third-order valence-corrected chi connectivity index (χ3v) is 3.72. The SMILES string of the molecule is CC(CNC(=O)C(N)C1CCOCC1)Oc1ccccc1. The molecule has 1 aliphatic heterocycles. The highest BCUT2D eigenvalue weighted by atomic mass is 16.5. The van der Waals surface area contributed by atoms with Crippen LogP contribution < -0.4 is 15.8 Å². The zero-order valence-corrected chi connectivity index (χ0v) is 12.5. The Morgan fingerprint density at radius 2 is 2.05 bits per heavy atom. The highest BCUT2D eigenvalue weighted by molar-refractivity contribution is 5.81. The first kappa shape index (κ1) is 15.8. The Morgan fingerprint density at radius 3 is 2.71 bits per heavy atom. The van der Waals surface area contributed by atoms with E-state index in [9.17, 15) is 4.79 Å². The Kier molecular flexibility index (Phi) is 6.02. The number of hydrogen-bond donors (Lipinski definition) is 2. The molecule has 0 aliphatic carbocycles. The molecule has 0 spiro atoms. The molecule has 1 fully saturated rings. The van der Waals surface area contributed by atoms with E-state index in [0.29, 0.717) is 19.8 Å². The van der Waals surface area contributed by atoms with Crippen LogP contribution in [-0.4, -0.2) is 37.8 Å². The summed E-state index contributed by atoms with van der Waals surface area (Å²) in [5, 5.41) is 2.87. The smallest absolute Gasteiger partial charge is 0.237 e. The Hall–Kier alpha value is -1.59. The molecule has 1 heterocycles. The minimum atomic E-state index is -0.460. The Balaban J connectivity index is 1.72. The number of para-hydroxylation sites is 1. The maximum absolute atomic E-state index is 12.1. The number of carbonyl (C=O) groups is 1. The van der Waals surface area contributed by atoms with Crippen LogP contribution in [0.2, 0.25) is 0 Å². The van der Waals surface area contributed by atoms with E-state index in [2.05, 4.69) is 5.32 Å². The van der Waals surface area contributed by atoms with Crippen LogP contribution in [0.4, 0.5) is 0 Å². The number of hydrogen-bond acceptors (Lipinski definition) is 4. The summed E-state index contributed by atoms with van der Waals surface area (Å²) in [6, 6.07) is 9.10. The molecule has 5 heteroatoms. The fourth-order valence-corrected chi connectivity index (χ4v) is 2.42. The van der Waals surface area contributed by atoms with E-state index >= 15 is 0 Å². The van der Waals surface area contributed by atoms with Crippen LogP contribution in [-0.2, 0) is 9.53 Å². The van der Waals surface area contributed by atoms with Gasteiger partial charge in [-0.15, -0.1) is 0 Å². The molecule has 2 rings (SSSR count). The summed E-state index contributed by atoms with van der Waals surface area (Å²) in [4.78, 5) is 12.1. The number of nitrogens with two attached hydrogens (primary N) is 1. The van der Waals surface area contributed by atoms with E-state index in [-0.39, 0.29) is 17.9 Å². The molecule has 2 unspecified atom stereocenters. The van der Waals surface area contributed by atoms with E-state index in [0.717, 1.165) is 18.6 Å². The molecule has 0 saturated carbocycles. The third-order valence-electron chi connectivity index (χ3n) is 3.72. The summed E-state index contributed by atoms with van der Waals surface area (Å²) in [6.45, 7) is 3.76. The molecule has 0 bridgehead atoms. The quantitative estimate of drug-likeness (QED) is 0.829. The van der Waals surface area contributed by atoms with Gasteiger partial charge in [0.1, 0.15) is 11.9 Å². The minimum Gasteiger partial charge on any atom is -0.489 e. The molecule has 1 aromatic rings. The van der Waals surface area contributed by atoms with Gasteiger partial charge >= 0.3 is 0 Å². The summed E-state index contributed by atoms with van der Waals surface area (Å²) < 4.78 is 11.0. The second kappa shape index (κ2) is 8.00. The number of amides is 1. The fraction of sp³-hybridized carbons (Fsp3) is 0.562.